The minimum atomic E-state index is -3.66. The fourth-order valence-electron chi connectivity index (χ4n) is 2.24. The summed E-state index contributed by atoms with van der Waals surface area (Å²) in [4.78, 5) is 12.1. The molecule has 1 N–H and O–H groups in total. The van der Waals surface area contributed by atoms with Gasteiger partial charge in [0.25, 0.3) is 0 Å². The second kappa shape index (κ2) is 8.60. The molecule has 0 aliphatic rings. The zero-order valence-corrected chi connectivity index (χ0v) is 15.1. The smallest absolute Gasteiger partial charge is 0.236 e. The van der Waals surface area contributed by atoms with Crippen LogP contribution in [0.3, 0.4) is 0 Å². The molecule has 2 aromatic carbocycles. The number of benzene rings is 2. The summed E-state index contributed by atoms with van der Waals surface area (Å²) in [6.07, 6.45) is 1.51. The van der Waals surface area contributed by atoms with Gasteiger partial charge in [0, 0.05) is 12.5 Å². The first-order valence-electron chi connectivity index (χ1n) is 7.92. The van der Waals surface area contributed by atoms with Gasteiger partial charge in [-0.15, -0.1) is 0 Å². The first-order valence-corrected chi connectivity index (χ1v) is 9.42. The van der Waals surface area contributed by atoms with E-state index in [-0.39, 0.29) is 18.5 Å². The molecule has 2 aromatic rings. The molecule has 0 saturated carbocycles. The Balaban J connectivity index is 1.94. The molecule has 0 unspecified atom stereocenters. The molecule has 0 aromatic heterocycles. The molecule has 0 aliphatic heterocycles. The lowest BCUT2D eigenvalue weighted by Crippen LogP contribution is -2.38. The van der Waals surface area contributed by atoms with Crippen molar-refractivity contribution >= 4 is 22.0 Å². The molecule has 0 bridgehead atoms. The van der Waals surface area contributed by atoms with E-state index in [0.29, 0.717) is 0 Å². The monoisotopic (exact) mass is 358 g/mol. The maximum Gasteiger partial charge on any atom is 0.236 e. The third-order valence-corrected chi connectivity index (χ3v) is 5.19. The van der Waals surface area contributed by atoms with Crippen LogP contribution in [0, 0.1) is 0 Å². The molecule has 5 nitrogen and oxygen atoms in total. The van der Waals surface area contributed by atoms with Crippen molar-refractivity contribution in [3.05, 3.63) is 77.2 Å². The van der Waals surface area contributed by atoms with E-state index in [9.17, 15) is 13.2 Å². The Labute approximate surface area is 149 Å². The van der Waals surface area contributed by atoms with Gasteiger partial charge in [0.1, 0.15) is 0 Å². The van der Waals surface area contributed by atoms with Crippen molar-refractivity contribution in [2.45, 2.75) is 13.0 Å². The fraction of sp³-hybridized carbons (Fsp3) is 0.211. The van der Waals surface area contributed by atoms with E-state index in [4.69, 9.17) is 0 Å². The van der Waals surface area contributed by atoms with Crippen LogP contribution in [0.2, 0.25) is 0 Å². The largest absolute Gasteiger partial charge is 0.348 e. The second-order valence-corrected chi connectivity index (χ2v) is 7.64. The standard InChI is InChI=1S/C19H22N2O3S/c1-16(18-11-7-4-8-12-18)20-19(22)15-21(2)25(23,24)14-13-17-9-5-3-6-10-17/h3-14,16H,15H2,1-2H3,(H,20,22)/b14-13+/t16-/m1/s1. The van der Waals surface area contributed by atoms with Gasteiger partial charge in [0.15, 0.2) is 0 Å². The quantitative estimate of drug-likeness (QED) is 0.828. The van der Waals surface area contributed by atoms with E-state index in [1.54, 1.807) is 12.1 Å². The summed E-state index contributed by atoms with van der Waals surface area (Å²) in [6.45, 7) is 1.62. The molecule has 0 spiro atoms. The van der Waals surface area contributed by atoms with Gasteiger partial charge < -0.3 is 5.32 Å². The maximum atomic E-state index is 12.3. The number of rotatable bonds is 7. The maximum absolute atomic E-state index is 12.3. The topological polar surface area (TPSA) is 66.5 Å². The summed E-state index contributed by atoms with van der Waals surface area (Å²) in [6, 6.07) is 18.4. The van der Waals surface area contributed by atoms with Gasteiger partial charge in [0.2, 0.25) is 15.9 Å². The number of amides is 1. The minimum Gasteiger partial charge on any atom is -0.348 e. The fourth-order valence-corrected chi connectivity index (χ4v) is 3.07. The summed E-state index contributed by atoms with van der Waals surface area (Å²) >= 11 is 0. The number of nitrogens with zero attached hydrogens (tertiary/aromatic N) is 1. The van der Waals surface area contributed by atoms with Crippen LogP contribution >= 0.6 is 0 Å². The molecule has 0 fully saturated rings. The van der Waals surface area contributed by atoms with E-state index in [1.165, 1.54) is 13.1 Å². The molecule has 1 amide bonds. The highest BCUT2D eigenvalue weighted by molar-refractivity contribution is 7.92. The third-order valence-electron chi connectivity index (χ3n) is 3.71. The molecule has 0 heterocycles. The predicted octanol–water partition coefficient (Wildman–Crippen LogP) is 2.80. The Morgan fingerprint density at radius 2 is 1.64 bits per heavy atom. The van der Waals surface area contributed by atoms with Crippen LogP contribution in [-0.4, -0.2) is 32.2 Å². The number of sulfonamides is 1. The van der Waals surface area contributed by atoms with Crippen molar-refractivity contribution in [3.63, 3.8) is 0 Å². The molecular formula is C19H22N2O3S. The van der Waals surface area contributed by atoms with Crippen molar-refractivity contribution in [1.29, 1.82) is 0 Å². The molecule has 6 heteroatoms. The lowest BCUT2D eigenvalue weighted by Gasteiger charge is -2.18. The number of carbonyl (C=O) groups is 1. The average molecular weight is 358 g/mol. The number of carbonyl (C=O) groups excluding carboxylic acids is 1. The van der Waals surface area contributed by atoms with Gasteiger partial charge in [-0.25, -0.2) is 8.42 Å². The first kappa shape index (κ1) is 18.9. The van der Waals surface area contributed by atoms with Crippen LogP contribution in [0.5, 0.6) is 0 Å². The molecule has 0 radical (unpaired) electrons. The van der Waals surface area contributed by atoms with E-state index >= 15 is 0 Å². The van der Waals surface area contributed by atoms with Gasteiger partial charge in [0.05, 0.1) is 12.6 Å². The highest BCUT2D eigenvalue weighted by atomic mass is 32.2. The van der Waals surface area contributed by atoms with Gasteiger partial charge in [-0.3, -0.25) is 4.79 Å². The molecule has 1 atom stereocenters. The van der Waals surface area contributed by atoms with Crippen molar-refractivity contribution in [1.82, 2.24) is 9.62 Å². The number of likely N-dealkylation sites (N-methyl/N-ethyl adjacent to an activating group) is 1. The summed E-state index contributed by atoms with van der Waals surface area (Å²) < 4.78 is 25.5. The summed E-state index contributed by atoms with van der Waals surface area (Å²) in [5.74, 6) is -0.351. The van der Waals surface area contributed by atoms with E-state index < -0.39 is 10.0 Å². The lowest BCUT2D eigenvalue weighted by molar-refractivity contribution is -0.121. The van der Waals surface area contributed by atoms with Crippen molar-refractivity contribution in [2.24, 2.45) is 0 Å². The van der Waals surface area contributed by atoms with E-state index in [2.05, 4.69) is 5.32 Å². The third kappa shape index (κ3) is 5.85. The van der Waals surface area contributed by atoms with Gasteiger partial charge >= 0.3 is 0 Å². The normalized spacial score (nSPS) is 13.1. The van der Waals surface area contributed by atoms with Crippen LogP contribution in [0.1, 0.15) is 24.1 Å². The average Bonchev–Trinajstić information content (AvgIpc) is 2.61. The number of hydrogen-bond donors (Lipinski definition) is 1. The van der Waals surface area contributed by atoms with Crippen molar-refractivity contribution < 1.29 is 13.2 Å². The molecule has 25 heavy (non-hydrogen) atoms. The van der Waals surface area contributed by atoms with Gasteiger partial charge in [-0.05, 0) is 24.1 Å². The Morgan fingerprint density at radius 3 is 2.24 bits per heavy atom. The van der Waals surface area contributed by atoms with Gasteiger partial charge in [-0.1, -0.05) is 60.7 Å². The molecular weight excluding hydrogens is 336 g/mol. The SMILES string of the molecule is C[C@@H](NC(=O)CN(C)S(=O)(=O)/C=C/c1ccccc1)c1ccccc1. The molecule has 0 aliphatic carbocycles. The summed E-state index contributed by atoms with van der Waals surface area (Å²) in [7, 11) is -2.28. The van der Waals surface area contributed by atoms with E-state index in [0.717, 1.165) is 20.8 Å². The summed E-state index contributed by atoms with van der Waals surface area (Å²) in [5, 5.41) is 3.91. The van der Waals surface area contributed by atoms with E-state index in [1.807, 2.05) is 55.5 Å². The highest BCUT2D eigenvalue weighted by Gasteiger charge is 2.19. The highest BCUT2D eigenvalue weighted by Crippen LogP contribution is 2.11. The molecule has 132 valence electrons. The minimum absolute atomic E-state index is 0.190. The predicted molar refractivity (Wildman–Crippen MR) is 100 cm³/mol. The Bertz CT molecular complexity index is 818. The lowest BCUT2D eigenvalue weighted by atomic mass is 10.1. The molecule has 2 rings (SSSR count). The van der Waals surface area contributed by atoms with Crippen LogP contribution in [-0.2, 0) is 14.8 Å². The van der Waals surface area contributed by atoms with Crippen LogP contribution < -0.4 is 5.32 Å². The number of nitrogens with one attached hydrogen (secondary N) is 1. The van der Waals surface area contributed by atoms with Crippen LogP contribution in [0.15, 0.2) is 66.1 Å². The summed E-state index contributed by atoms with van der Waals surface area (Å²) in [5.41, 5.74) is 1.74. The van der Waals surface area contributed by atoms with Crippen molar-refractivity contribution in [3.8, 4) is 0 Å². The van der Waals surface area contributed by atoms with Crippen LogP contribution in [0.25, 0.3) is 6.08 Å². The van der Waals surface area contributed by atoms with Crippen LogP contribution in [0.4, 0.5) is 0 Å². The Morgan fingerprint density at radius 1 is 1.08 bits per heavy atom. The van der Waals surface area contributed by atoms with Gasteiger partial charge in [-0.2, -0.15) is 4.31 Å². The Kier molecular flexibility index (Phi) is 6.50. The zero-order valence-electron chi connectivity index (χ0n) is 14.3. The zero-order chi connectivity index (χ0) is 18.3. The Hall–Kier alpha value is -2.44. The number of hydrogen-bond acceptors (Lipinski definition) is 3. The molecule has 0 saturated heterocycles. The first-order chi connectivity index (χ1) is 11.9. The second-order valence-electron chi connectivity index (χ2n) is 5.71. The van der Waals surface area contributed by atoms with Crippen molar-refractivity contribution in [2.75, 3.05) is 13.6 Å².